The largest absolute Gasteiger partial charge is 0.462 e. The van der Waals surface area contributed by atoms with Crippen molar-refractivity contribution in [1.82, 2.24) is 10.2 Å². The summed E-state index contributed by atoms with van der Waals surface area (Å²) >= 11 is 5.22. The van der Waals surface area contributed by atoms with Crippen LogP contribution < -0.4 is 5.32 Å². The molecule has 0 aromatic carbocycles. The van der Waals surface area contributed by atoms with Crippen molar-refractivity contribution in [1.29, 1.82) is 0 Å². The second-order valence-electron chi connectivity index (χ2n) is 4.32. The lowest BCUT2D eigenvalue weighted by Gasteiger charge is -2.24. The van der Waals surface area contributed by atoms with Gasteiger partial charge in [-0.25, -0.2) is 0 Å². The number of piperazine rings is 1. The first-order valence-electron chi connectivity index (χ1n) is 5.13. The molecule has 1 N–H and O–H groups in total. The van der Waals surface area contributed by atoms with Gasteiger partial charge in [0.1, 0.15) is 5.60 Å². The fraction of sp³-hybridized carbons (Fsp3) is 0.800. The highest BCUT2D eigenvalue weighted by molar-refractivity contribution is 6.62. The monoisotopic (exact) mass is 250 g/mol. The van der Waals surface area contributed by atoms with Crippen LogP contribution in [0.5, 0.6) is 0 Å². The maximum atomic E-state index is 10.5. The van der Waals surface area contributed by atoms with Gasteiger partial charge in [-0.05, 0) is 32.4 Å². The van der Waals surface area contributed by atoms with E-state index in [4.69, 9.17) is 11.6 Å². The number of amides is 1. The summed E-state index contributed by atoms with van der Waals surface area (Å²) in [5.74, 6) is 0. The number of hydrogen-bond acceptors (Lipinski definition) is 4. The summed E-state index contributed by atoms with van der Waals surface area (Å²) in [7, 11) is 0. The minimum Gasteiger partial charge on any atom is -0.462 e. The Kier molecular flexibility index (Phi) is 7.08. The van der Waals surface area contributed by atoms with Gasteiger partial charge in [-0.15, -0.1) is 0 Å². The SMILES string of the molecule is CC(C)(C)OC=O.O=C(Cl)N1CCNCC1. The highest BCUT2D eigenvalue weighted by Crippen LogP contribution is 2.02. The molecule has 1 saturated heterocycles. The molecule has 0 aromatic rings. The van der Waals surface area contributed by atoms with E-state index in [1.165, 1.54) is 0 Å². The molecular weight excluding hydrogens is 232 g/mol. The molecule has 6 heteroatoms. The average molecular weight is 251 g/mol. The molecule has 0 aromatic heterocycles. The van der Waals surface area contributed by atoms with Crippen LogP contribution in [0.4, 0.5) is 4.79 Å². The molecule has 16 heavy (non-hydrogen) atoms. The van der Waals surface area contributed by atoms with Gasteiger partial charge in [-0.3, -0.25) is 9.59 Å². The van der Waals surface area contributed by atoms with Gasteiger partial charge in [0.05, 0.1) is 0 Å². The fourth-order valence-electron chi connectivity index (χ4n) is 0.985. The van der Waals surface area contributed by atoms with Gasteiger partial charge in [-0.2, -0.15) is 0 Å². The van der Waals surface area contributed by atoms with E-state index < -0.39 is 0 Å². The predicted octanol–water partition coefficient (Wildman–Crippen LogP) is 1.21. The Morgan fingerprint density at radius 1 is 1.38 bits per heavy atom. The number of hydrogen-bond donors (Lipinski definition) is 1. The third-order valence-corrected chi connectivity index (χ3v) is 2.01. The quantitative estimate of drug-likeness (QED) is 0.432. The smallest absolute Gasteiger partial charge is 0.316 e. The van der Waals surface area contributed by atoms with E-state index in [-0.39, 0.29) is 11.0 Å². The van der Waals surface area contributed by atoms with Crippen molar-refractivity contribution in [2.45, 2.75) is 26.4 Å². The Balaban J connectivity index is 0.000000293. The summed E-state index contributed by atoms with van der Waals surface area (Å²) in [4.78, 5) is 21.7. The van der Waals surface area contributed by atoms with Crippen LogP contribution >= 0.6 is 11.6 Å². The molecule has 1 amide bonds. The first-order valence-corrected chi connectivity index (χ1v) is 5.51. The number of rotatable bonds is 1. The second-order valence-corrected chi connectivity index (χ2v) is 4.64. The topological polar surface area (TPSA) is 58.6 Å². The van der Waals surface area contributed by atoms with Crippen LogP contribution in [0.15, 0.2) is 0 Å². The first-order chi connectivity index (χ1) is 7.37. The minimum absolute atomic E-state index is 0.318. The van der Waals surface area contributed by atoms with Crippen LogP contribution in [0.3, 0.4) is 0 Å². The fourth-order valence-corrected chi connectivity index (χ4v) is 1.15. The van der Waals surface area contributed by atoms with Gasteiger partial charge in [0.2, 0.25) is 0 Å². The molecule has 0 aliphatic carbocycles. The van der Waals surface area contributed by atoms with Gasteiger partial charge < -0.3 is 15.0 Å². The standard InChI is InChI=1S/C5H9ClN2O.C5H10O2/c6-5(9)8-3-1-7-2-4-8;1-5(2,3)7-4-6/h7H,1-4H2;4H,1-3H3. The van der Waals surface area contributed by atoms with E-state index in [2.05, 4.69) is 10.1 Å². The molecule has 1 aliphatic rings. The van der Waals surface area contributed by atoms with Gasteiger partial charge in [-0.1, -0.05) is 0 Å². The van der Waals surface area contributed by atoms with Crippen LogP contribution in [-0.2, 0) is 9.53 Å². The summed E-state index contributed by atoms with van der Waals surface area (Å²) < 4.78 is 4.55. The Morgan fingerprint density at radius 2 is 1.88 bits per heavy atom. The number of nitrogens with zero attached hydrogens (tertiary/aromatic N) is 1. The van der Waals surface area contributed by atoms with Crippen molar-refractivity contribution in [3.8, 4) is 0 Å². The van der Waals surface area contributed by atoms with Crippen LogP contribution in [0.2, 0.25) is 0 Å². The molecule has 0 saturated carbocycles. The number of nitrogens with one attached hydrogen (secondary N) is 1. The van der Waals surface area contributed by atoms with E-state index in [0.717, 1.165) is 26.2 Å². The van der Waals surface area contributed by atoms with E-state index in [1.54, 1.807) is 4.90 Å². The van der Waals surface area contributed by atoms with E-state index >= 15 is 0 Å². The third-order valence-electron chi connectivity index (χ3n) is 1.77. The number of carbonyl (C=O) groups is 2. The summed E-state index contributed by atoms with van der Waals surface area (Å²) in [6.07, 6.45) is 0. The molecule has 0 unspecified atom stereocenters. The van der Waals surface area contributed by atoms with Crippen molar-refractivity contribution in [2.24, 2.45) is 0 Å². The lowest BCUT2D eigenvalue weighted by molar-refractivity contribution is -0.138. The Hall–Kier alpha value is -0.810. The number of halogens is 1. The molecular formula is C10H19ClN2O3. The Bertz CT molecular complexity index is 223. The van der Waals surface area contributed by atoms with Crippen LogP contribution in [0.1, 0.15) is 20.8 Å². The average Bonchev–Trinajstić information content (AvgIpc) is 2.18. The zero-order valence-corrected chi connectivity index (χ0v) is 10.7. The Labute approximate surface area is 101 Å². The van der Waals surface area contributed by atoms with Gasteiger partial charge in [0, 0.05) is 26.2 Å². The number of ether oxygens (including phenoxy) is 1. The summed E-state index contributed by atoms with van der Waals surface area (Å²) in [5, 5.41) is 2.78. The Morgan fingerprint density at radius 3 is 2.06 bits per heavy atom. The normalized spacial score (nSPS) is 15.9. The van der Waals surface area contributed by atoms with E-state index in [1.807, 2.05) is 20.8 Å². The van der Waals surface area contributed by atoms with Crippen molar-refractivity contribution >= 4 is 23.4 Å². The van der Waals surface area contributed by atoms with Crippen molar-refractivity contribution in [2.75, 3.05) is 26.2 Å². The zero-order chi connectivity index (χ0) is 12.6. The van der Waals surface area contributed by atoms with Crippen molar-refractivity contribution < 1.29 is 14.3 Å². The minimum atomic E-state index is -0.337. The molecule has 94 valence electrons. The lowest BCUT2D eigenvalue weighted by atomic mass is 10.2. The van der Waals surface area contributed by atoms with Crippen molar-refractivity contribution in [3.05, 3.63) is 0 Å². The van der Waals surface area contributed by atoms with Crippen LogP contribution in [0, 0.1) is 0 Å². The highest BCUT2D eigenvalue weighted by Gasteiger charge is 2.12. The molecule has 1 heterocycles. The molecule has 1 aliphatic heterocycles. The van der Waals surface area contributed by atoms with Crippen LogP contribution in [-0.4, -0.2) is 48.5 Å². The first kappa shape index (κ1) is 15.2. The summed E-state index contributed by atoms with van der Waals surface area (Å²) in [6, 6.07) is 0. The molecule has 1 fully saturated rings. The summed E-state index contributed by atoms with van der Waals surface area (Å²) in [5.41, 5.74) is -0.318. The van der Waals surface area contributed by atoms with Crippen molar-refractivity contribution in [3.63, 3.8) is 0 Å². The third kappa shape index (κ3) is 8.49. The zero-order valence-electron chi connectivity index (χ0n) is 9.96. The molecule has 1 rings (SSSR count). The maximum absolute atomic E-state index is 10.5. The predicted molar refractivity (Wildman–Crippen MR) is 62.6 cm³/mol. The van der Waals surface area contributed by atoms with E-state index in [0.29, 0.717) is 6.47 Å². The molecule has 5 nitrogen and oxygen atoms in total. The van der Waals surface area contributed by atoms with Gasteiger partial charge >= 0.3 is 5.37 Å². The van der Waals surface area contributed by atoms with Gasteiger partial charge in [0.25, 0.3) is 6.47 Å². The van der Waals surface area contributed by atoms with Crippen LogP contribution in [0.25, 0.3) is 0 Å². The molecule has 0 atom stereocenters. The maximum Gasteiger partial charge on any atom is 0.316 e. The second kappa shape index (κ2) is 7.46. The molecule has 0 radical (unpaired) electrons. The molecule has 0 bridgehead atoms. The molecule has 0 spiro atoms. The highest BCUT2D eigenvalue weighted by atomic mass is 35.5. The van der Waals surface area contributed by atoms with E-state index in [9.17, 15) is 9.59 Å². The summed E-state index contributed by atoms with van der Waals surface area (Å²) in [6.45, 7) is 9.12. The van der Waals surface area contributed by atoms with Gasteiger partial charge in [0.15, 0.2) is 0 Å². The number of carbonyl (C=O) groups excluding carboxylic acids is 2. The lowest BCUT2D eigenvalue weighted by Crippen LogP contribution is -2.44.